The second-order valence-corrected chi connectivity index (χ2v) is 7.89. The van der Waals surface area contributed by atoms with Crippen molar-refractivity contribution in [3.8, 4) is 0 Å². The molecule has 3 rings (SSSR count). The van der Waals surface area contributed by atoms with Gasteiger partial charge in [-0.15, -0.1) is 0 Å². The normalized spacial score (nSPS) is 20.5. The number of aryl methyl sites for hydroxylation is 1. The molecule has 10 heteroatoms. The highest BCUT2D eigenvalue weighted by Gasteiger charge is 2.29. The van der Waals surface area contributed by atoms with Gasteiger partial charge in [0.25, 0.3) is 5.91 Å². The molecule has 3 atom stereocenters. The molecule has 0 radical (unpaired) electrons. The third kappa shape index (κ3) is 6.01. The summed E-state index contributed by atoms with van der Waals surface area (Å²) in [7, 11) is 0. The topological polar surface area (TPSA) is 175 Å². The Balaban J connectivity index is 1.48. The lowest BCUT2D eigenvalue weighted by Crippen LogP contribution is -2.41. The fourth-order valence-corrected chi connectivity index (χ4v) is 3.83. The van der Waals surface area contributed by atoms with E-state index in [9.17, 15) is 19.5 Å². The first kappa shape index (κ1) is 23.1. The maximum Gasteiger partial charge on any atom is 0.326 e. The highest BCUT2D eigenvalue weighted by Crippen LogP contribution is 2.30. The summed E-state index contributed by atoms with van der Waals surface area (Å²) in [6.07, 6.45) is 3.87. The monoisotopic (exact) mass is 442 g/mol. The Bertz CT molecular complexity index is 983. The van der Waals surface area contributed by atoms with E-state index in [4.69, 9.17) is 15.9 Å². The molecule has 1 heterocycles. The number of carboxylic acid groups (broad SMARTS) is 2. The molecule has 6 N–H and O–H groups in total. The fourth-order valence-electron chi connectivity index (χ4n) is 3.83. The van der Waals surface area contributed by atoms with Crippen molar-refractivity contribution in [2.75, 3.05) is 0 Å². The number of nitrogens with two attached hydrogens (primary N) is 1. The zero-order valence-corrected chi connectivity index (χ0v) is 17.4. The van der Waals surface area contributed by atoms with Crippen LogP contribution in [0.4, 0.5) is 0 Å². The summed E-state index contributed by atoms with van der Waals surface area (Å²) in [6, 6.07) is 5.62. The van der Waals surface area contributed by atoms with E-state index in [0.29, 0.717) is 5.56 Å². The molecule has 1 amide bonds. The molecule has 0 fully saturated rings. The number of hydrogen-bond donors (Lipinski definition) is 5. The smallest absolute Gasteiger partial charge is 0.326 e. The molecule has 0 saturated heterocycles. The number of carbonyl (C=O) groups is 3. The van der Waals surface area contributed by atoms with E-state index in [0.717, 1.165) is 42.5 Å². The standard InChI is InChI=1S/C22H26N4O6/c23-22-25-17-11-13(10-15(17)20(30)26-22)3-1-2-12-4-6-14(7-5-12)19(29)24-16(21(31)32)8-9-18(27)28/h4-7,10,13,16,20,30H,1-3,8-9,11H2,(H2,23,26)(H,24,29)(H,27,28)(H,31,32)/t13?,16-,20?/m0/s1. The average molecular weight is 442 g/mol. The molecule has 0 bridgehead atoms. The van der Waals surface area contributed by atoms with Gasteiger partial charge in [0.1, 0.15) is 6.04 Å². The number of aliphatic imine (C=N–C) groups is 2. The number of nitrogens with one attached hydrogen (secondary N) is 1. The molecule has 2 aliphatic rings. The summed E-state index contributed by atoms with van der Waals surface area (Å²) in [5.74, 6) is -2.58. The van der Waals surface area contributed by atoms with Crippen LogP contribution >= 0.6 is 0 Å². The Morgan fingerprint density at radius 2 is 1.91 bits per heavy atom. The van der Waals surface area contributed by atoms with Gasteiger partial charge >= 0.3 is 11.9 Å². The predicted octanol–water partition coefficient (Wildman–Crippen LogP) is 1.09. The van der Waals surface area contributed by atoms with Gasteiger partial charge in [-0.25, -0.2) is 14.8 Å². The zero-order valence-electron chi connectivity index (χ0n) is 17.4. The minimum Gasteiger partial charge on any atom is -0.481 e. The van der Waals surface area contributed by atoms with E-state index < -0.39 is 30.1 Å². The average Bonchev–Trinajstić information content (AvgIpc) is 3.14. The van der Waals surface area contributed by atoms with E-state index >= 15 is 0 Å². The number of fused-ring (bicyclic) bond motifs is 1. The lowest BCUT2D eigenvalue weighted by molar-refractivity contribution is -0.140. The van der Waals surface area contributed by atoms with Crippen molar-refractivity contribution in [2.24, 2.45) is 21.6 Å². The van der Waals surface area contributed by atoms with Crippen LogP contribution in [-0.2, 0) is 16.0 Å². The van der Waals surface area contributed by atoms with Crippen LogP contribution < -0.4 is 11.1 Å². The van der Waals surface area contributed by atoms with Gasteiger partial charge in [0.05, 0.1) is 5.71 Å². The van der Waals surface area contributed by atoms with E-state index in [1.807, 2.05) is 18.2 Å². The molecule has 0 saturated carbocycles. The lowest BCUT2D eigenvalue weighted by atomic mass is 9.98. The molecule has 2 unspecified atom stereocenters. The highest BCUT2D eigenvalue weighted by atomic mass is 16.4. The second-order valence-electron chi connectivity index (χ2n) is 7.89. The van der Waals surface area contributed by atoms with Gasteiger partial charge in [0.15, 0.2) is 6.23 Å². The number of nitrogens with zero attached hydrogens (tertiary/aromatic N) is 2. The van der Waals surface area contributed by atoms with E-state index in [-0.39, 0.29) is 24.7 Å². The molecule has 170 valence electrons. The van der Waals surface area contributed by atoms with Crippen LogP contribution in [0.25, 0.3) is 0 Å². The predicted molar refractivity (Wildman–Crippen MR) is 116 cm³/mol. The van der Waals surface area contributed by atoms with Gasteiger partial charge in [-0.2, -0.15) is 0 Å². The maximum absolute atomic E-state index is 12.3. The Morgan fingerprint density at radius 3 is 2.56 bits per heavy atom. The SMILES string of the molecule is NC1=NC(O)C2=CC(CCCc3ccc(C(=O)N[C@@H](CCC(=O)O)C(=O)O)cc3)CC2=N1. The first-order chi connectivity index (χ1) is 15.2. The number of guanidine groups is 1. The number of carbonyl (C=O) groups excluding carboxylic acids is 1. The molecule has 1 aliphatic heterocycles. The number of aliphatic carboxylic acids is 2. The van der Waals surface area contributed by atoms with Crippen LogP contribution in [0.15, 0.2) is 45.9 Å². The summed E-state index contributed by atoms with van der Waals surface area (Å²) in [5, 5.41) is 30.2. The van der Waals surface area contributed by atoms with Crippen molar-refractivity contribution in [3.05, 3.63) is 47.0 Å². The van der Waals surface area contributed by atoms with Gasteiger partial charge in [-0.3, -0.25) is 9.59 Å². The van der Waals surface area contributed by atoms with Crippen molar-refractivity contribution in [1.82, 2.24) is 5.32 Å². The van der Waals surface area contributed by atoms with Crippen LogP contribution in [0.1, 0.15) is 48.0 Å². The van der Waals surface area contributed by atoms with Crippen LogP contribution in [0.5, 0.6) is 0 Å². The van der Waals surface area contributed by atoms with Crippen molar-refractivity contribution in [3.63, 3.8) is 0 Å². The fraction of sp³-hybridized carbons (Fsp3) is 0.409. The Morgan fingerprint density at radius 1 is 1.19 bits per heavy atom. The Labute approximate surface area is 184 Å². The molecular formula is C22H26N4O6. The molecule has 32 heavy (non-hydrogen) atoms. The summed E-state index contributed by atoms with van der Waals surface area (Å²) < 4.78 is 0. The van der Waals surface area contributed by atoms with Gasteiger partial charge in [0, 0.05) is 17.6 Å². The van der Waals surface area contributed by atoms with Crippen molar-refractivity contribution < 1.29 is 29.7 Å². The van der Waals surface area contributed by atoms with Crippen LogP contribution in [0, 0.1) is 5.92 Å². The third-order valence-corrected chi connectivity index (χ3v) is 5.49. The molecule has 1 aliphatic carbocycles. The summed E-state index contributed by atoms with van der Waals surface area (Å²) in [4.78, 5) is 42.2. The number of rotatable bonds is 10. The van der Waals surface area contributed by atoms with Gasteiger partial charge in [-0.05, 0) is 55.7 Å². The van der Waals surface area contributed by atoms with Gasteiger partial charge in [0.2, 0.25) is 5.96 Å². The summed E-state index contributed by atoms with van der Waals surface area (Å²) in [5.41, 5.74) is 8.48. The first-order valence-corrected chi connectivity index (χ1v) is 10.4. The Hall–Kier alpha value is -3.53. The van der Waals surface area contributed by atoms with Gasteiger partial charge < -0.3 is 26.4 Å². The minimum absolute atomic E-state index is 0.103. The number of aliphatic hydroxyl groups is 1. The number of allylic oxidation sites excluding steroid dienone is 1. The quantitative estimate of drug-likeness (QED) is 0.360. The van der Waals surface area contributed by atoms with E-state index in [2.05, 4.69) is 15.3 Å². The number of aliphatic hydroxyl groups excluding tert-OH is 1. The Kier molecular flexibility index (Phi) is 7.37. The van der Waals surface area contributed by atoms with Crippen LogP contribution in [0.3, 0.4) is 0 Å². The van der Waals surface area contributed by atoms with E-state index in [1.165, 1.54) is 0 Å². The molecule has 1 aromatic carbocycles. The molecule has 10 nitrogen and oxygen atoms in total. The molecular weight excluding hydrogens is 416 g/mol. The van der Waals surface area contributed by atoms with Crippen molar-refractivity contribution in [2.45, 2.75) is 50.8 Å². The number of benzene rings is 1. The van der Waals surface area contributed by atoms with Crippen molar-refractivity contribution in [1.29, 1.82) is 0 Å². The number of amides is 1. The minimum atomic E-state index is -1.27. The van der Waals surface area contributed by atoms with Crippen LogP contribution in [-0.4, -0.2) is 57.1 Å². The summed E-state index contributed by atoms with van der Waals surface area (Å²) >= 11 is 0. The molecule has 1 aromatic rings. The summed E-state index contributed by atoms with van der Waals surface area (Å²) in [6.45, 7) is 0. The molecule has 0 aromatic heterocycles. The third-order valence-electron chi connectivity index (χ3n) is 5.49. The number of carboxylic acids is 2. The second kappa shape index (κ2) is 10.2. The highest BCUT2D eigenvalue weighted by molar-refractivity contribution is 6.10. The zero-order chi connectivity index (χ0) is 23.3. The van der Waals surface area contributed by atoms with Crippen molar-refractivity contribution >= 4 is 29.5 Å². The number of hydrogen-bond acceptors (Lipinski definition) is 7. The lowest BCUT2D eigenvalue weighted by Gasteiger charge is -2.14. The van der Waals surface area contributed by atoms with Gasteiger partial charge in [-0.1, -0.05) is 18.2 Å². The van der Waals surface area contributed by atoms with E-state index in [1.54, 1.807) is 12.1 Å². The first-order valence-electron chi connectivity index (χ1n) is 10.4. The maximum atomic E-state index is 12.3. The van der Waals surface area contributed by atoms with Crippen LogP contribution in [0.2, 0.25) is 0 Å². The largest absolute Gasteiger partial charge is 0.481 e. The molecule has 0 spiro atoms.